The van der Waals surface area contributed by atoms with Gasteiger partial charge >= 0.3 is 6.03 Å². The van der Waals surface area contributed by atoms with Crippen molar-refractivity contribution >= 4 is 22.0 Å². The van der Waals surface area contributed by atoms with Crippen molar-refractivity contribution in [2.24, 2.45) is 0 Å². The van der Waals surface area contributed by atoms with Crippen molar-refractivity contribution in [3.8, 4) is 5.75 Å². The first kappa shape index (κ1) is 22.7. The number of rotatable bonds is 8. The molecule has 3 amide bonds. The Morgan fingerprint density at radius 3 is 2.23 bits per heavy atom. The summed E-state index contributed by atoms with van der Waals surface area (Å²) < 4.78 is 44.2. The summed E-state index contributed by atoms with van der Waals surface area (Å²) in [6.45, 7) is 1.80. The molecule has 1 fully saturated rings. The quantitative estimate of drug-likeness (QED) is 0.624. The van der Waals surface area contributed by atoms with Crippen LogP contribution in [0.15, 0.2) is 53.4 Å². The average Bonchev–Trinajstić information content (AvgIpc) is 2.99. The molecule has 1 heterocycles. The van der Waals surface area contributed by atoms with Crippen LogP contribution in [-0.2, 0) is 20.4 Å². The van der Waals surface area contributed by atoms with E-state index in [1.54, 1.807) is 6.92 Å². The van der Waals surface area contributed by atoms with E-state index in [1.165, 1.54) is 62.6 Å². The molecule has 1 atom stereocenters. The molecule has 1 saturated heterocycles. The second-order valence-electron chi connectivity index (χ2n) is 7.26. The second-order valence-corrected chi connectivity index (χ2v) is 9.41. The van der Waals surface area contributed by atoms with Crippen molar-refractivity contribution in [1.29, 1.82) is 0 Å². The summed E-state index contributed by atoms with van der Waals surface area (Å²) >= 11 is 0. The molecule has 1 aliphatic rings. The van der Waals surface area contributed by atoms with E-state index in [0.29, 0.717) is 17.7 Å². The van der Waals surface area contributed by atoms with Crippen LogP contribution in [0.5, 0.6) is 5.75 Å². The highest BCUT2D eigenvalue weighted by molar-refractivity contribution is 7.89. The molecule has 2 aromatic rings. The number of hydrogen-bond acceptors (Lipinski definition) is 5. The molecule has 0 unspecified atom stereocenters. The summed E-state index contributed by atoms with van der Waals surface area (Å²) in [6.07, 6.45) is 0.308. The Bertz CT molecular complexity index is 1070. The number of nitrogens with one attached hydrogen (secondary N) is 1. The highest BCUT2D eigenvalue weighted by atomic mass is 32.2. The minimum Gasteiger partial charge on any atom is -0.492 e. The number of carbonyl (C=O) groups excluding carboxylic acids is 2. The van der Waals surface area contributed by atoms with Gasteiger partial charge in [-0.2, -0.15) is 0 Å². The summed E-state index contributed by atoms with van der Waals surface area (Å²) in [5.41, 5.74) is -0.733. The number of ether oxygens (including phenoxy) is 1. The summed E-state index contributed by atoms with van der Waals surface area (Å²) in [5, 5.41) is 2.72. The van der Waals surface area contributed by atoms with Gasteiger partial charge < -0.3 is 10.1 Å². The lowest BCUT2D eigenvalue weighted by atomic mass is 9.87. The second kappa shape index (κ2) is 8.64. The van der Waals surface area contributed by atoms with Gasteiger partial charge in [-0.3, -0.25) is 9.69 Å². The fraction of sp³-hybridized carbons (Fsp3) is 0.333. The van der Waals surface area contributed by atoms with E-state index < -0.39 is 33.3 Å². The van der Waals surface area contributed by atoms with E-state index in [-0.39, 0.29) is 18.0 Å². The molecule has 31 heavy (non-hydrogen) atoms. The first-order valence-corrected chi connectivity index (χ1v) is 11.1. The molecular weight excluding hydrogens is 425 g/mol. The Hall–Kier alpha value is -2.98. The summed E-state index contributed by atoms with van der Waals surface area (Å²) in [7, 11) is -0.649. The maximum Gasteiger partial charge on any atom is 0.325 e. The molecule has 8 nitrogen and oxygen atoms in total. The van der Waals surface area contributed by atoms with Crippen molar-refractivity contribution in [3.05, 3.63) is 59.9 Å². The fourth-order valence-electron chi connectivity index (χ4n) is 3.38. The topological polar surface area (TPSA) is 96.0 Å². The van der Waals surface area contributed by atoms with Crippen LogP contribution in [0.1, 0.15) is 18.9 Å². The number of amides is 3. The van der Waals surface area contributed by atoms with E-state index in [0.717, 1.165) is 9.21 Å². The Balaban J connectivity index is 1.66. The van der Waals surface area contributed by atoms with Crippen molar-refractivity contribution in [3.63, 3.8) is 0 Å². The number of carbonyl (C=O) groups is 2. The minimum atomic E-state index is -3.54. The van der Waals surface area contributed by atoms with Gasteiger partial charge in [-0.25, -0.2) is 21.9 Å². The molecule has 0 bridgehead atoms. The molecule has 0 aliphatic carbocycles. The van der Waals surface area contributed by atoms with Crippen molar-refractivity contribution in [1.82, 2.24) is 14.5 Å². The van der Waals surface area contributed by atoms with E-state index in [9.17, 15) is 22.4 Å². The molecule has 3 rings (SSSR count). The van der Waals surface area contributed by atoms with Crippen LogP contribution in [0.2, 0.25) is 0 Å². The predicted molar refractivity (Wildman–Crippen MR) is 111 cm³/mol. The van der Waals surface area contributed by atoms with Gasteiger partial charge in [-0.05, 0) is 48.4 Å². The zero-order valence-electron chi connectivity index (χ0n) is 17.5. The third-order valence-corrected chi connectivity index (χ3v) is 7.06. The lowest BCUT2D eigenvalue weighted by molar-refractivity contribution is -0.132. The molecule has 0 spiro atoms. The van der Waals surface area contributed by atoms with Gasteiger partial charge in [0.25, 0.3) is 5.91 Å². The standard InChI is InChI=1S/C21H24FN3O5S/c1-4-21(15-5-7-16(22)8-6-15)19(26)25(20(27)23-21)13-14-30-17-9-11-18(12-10-17)31(28,29)24(2)3/h5-12H,4,13-14H2,1-3H3,(H,23,27)/t21-/m1/s1. The molecule has 1 N–H and O–H groups in total. The Labute approximate surface area is 180 Å². The van der Waals surface area contributed by atoms with Crippen molar-refractivity contribution in [2.45, 2.75) is 23.8 Å². The summed E-state index contributed by atoms with van der Waals surface area (Å²) in [5.74, 6) is -0.450. The summed E-state index contributed by atoms with van der Waals surface area (Å²) in [4.78, 5) is 26.7. The highest BCUT2D eigenvalue weighted by Crippen LogP contribution is 2.32. The normalized spacial score (nSPS) is 19.1. The van der Waals surface area contributed by atoms with Gasteiger partial charge in [0.1, 0.15) is 23.7 Å². The molecule has 0 radical (unpaired) electrons. The van der Waals surface area contributed by atoms with Crippen LogP contribution in [0, 0.1) is 5.82 Å². The van der Waals surface area contributed by atoms with Gasteiger partial charge in [0.15, 0.2) is 0 Å². The van der Waals surface area contributed by atoms with Crippen molar-refractivity contribution < 1.29 is 27.1 Å². The largest absolute Gasteiger partial charge is 0.492 e. The highest BCUT2D eigenvalue weighted by Gasteiger charge is 2.51. The van der Waals surface area contributed by atoms with Crippen LogP contribution < -0.4 is 10.1 Å². The van der Waals surface area contributed by atoms with Crippen LogP contribution in [-0.4, -0.2) is 56.8 Å². The van der Waals surface area contributed by atoms with E-state index >= 15 is 0 Å². The number of sulfonamides is 1. The van der Waals surface area contributed by atoms with Gasteiger partial charge in [-0.1, -0.05) is 19.1 Å². The Morgan fingerprint density at radius 2 is 1.68 bits per heavy atom. The van der Waals surface area contributed by atoms with Gasteiger partial charge in [0, 0.05) is 14.1 Å². The molecule has 0 saturated carbocycles. The van der Waals surface area contributed by atoms with Crippen LogP contribution in [0.3, 0.4) is 0 Å². The first-order valence-electron chi connectivity index (χ1n) is 9.67. The lowest BCUT2D eigenvalue weighted by Gasteiger charge is -2.25. The zero-order valence-corrected chi connectivity index (χ0v) is 18.3. The molecule has 2 aromatic carbocycles. The lowest BCUT2D eigenvalue weighted by Crippen LogP contribution is -2.43. The average molecular weight is 450 g/mol. The number of benzene rings is 2. The Kier molecular flexibility index (Phi) is 6.33. The van der Waals surface area contributed by atoms with Crippen LogP contribution in [0.25, 0.3) is 0 Å². The monoisotopic (exact) mass is 449 g/mol. The van der Waals surface area contributed by atoms with Crippen molar-refractivity contribution in [2.75, 3.05) is 27.2 Å². The van der Waals surface area contributed by atoms with E-state index in [4.69, 9.17) is 4.74 Å². The van der Waals surface area contributed by atoms with Gasteiger partial charge in [0.2, 0.25) is 10.0 Å². The number of hydrogen-bond donors (Lipinski definition) is 1. The molecule has 166 valence electrons. The fourth-order valence-corrected chi connectivity index (χ4v) is 4.28. The van der Waals surface area contributed by atoms with E-state index in [1.807, 2.05) is 0 Å². The molecule has 10 heteroatoms. The molecule has 1 aliphatic heterocycles. The van der Waals surface area contributed by atoms with Gasteiger partial charge in [-0.15, -0.1) is 0 Å². The number of halogens is 1. The van der Waals surface area contributed by atoms with Crippen LogP contribution >= 0.6 is 0 Å². The Morgan fingerprint density at radius 1 is 1.06 bits per heavy atom. The minimum absolute atomic E-state index is 0.00532. The van der Waals surface area contributed by atoms with Crippen LogP contribution in [0.4, 0.5) is 9.18 Å². The number of nitrogens with zero attached hydrogens (tertiary/aromatic N) is 2. The summed E-state index contributed by atoms with van der Waals surface area (Å²) in [6, 6.07) is 10.8. The maximum atomic E-state index is 13.3. The predicted octanol–water partition coefficient (Wildman–Crippen LogP) is 2.31. The third kappa shape index (κ3) is 4.26. The molecule has 0 aromatic heterocycles. The van der Waals surface area contributed by atoms with E-state index in [2.05, 4.69) is 5.32 Å². The third-order valence-electron chi connectivity index (χ3n) is 5.23. The first-order chi connectivity index (χ1) is 14.6. The molecular formula is C21H24FN3O5S. The van der Waals surface area contributed by atoms with Gasteiger partial charge in [0.05, 0.1) is 11.4 Å². The number of urea groups is 1. The maximum absolute atomic E-state index is 13.3. The smallest absolute Gasteiger partial charge is 0.325 e. The number of imide groups is 1. The zero-order chi connectivity index (χ0) is 22.8. The SMILES string of the molecule is CC[C@]1(c2ccc(F)cc2)NC(=O)N(CCOc2ccc(S(=O)(=O)N(C)C)cc2)C1=O.